The second-order valence-corrected chi connectivity index (χ2v) is 3.75. The molecule has 0 bridgehead atoms. The first-order valence-corrected chi connectivity index (χ1v) is 4.89. The summed E-state index contributed by atoms with van der Waals surface area (Å²) in [4.78, 5) is 13.1. The Bertz CT molecular complexity index is 427. The summed E-state index contributed by atoms with van der Waals surface area (Å²) in [5.41, 5.74) is 4.75. The summed E-state index contributed by atoms with van der Waals surface area (Å²) in [5.74, 6) is -0.514. The van der Waals surface area contributed by atoms with Gasteiger partial charge in [-0.3, -0.25) is 4.79 Å². The number of ketones is 1. The summed E-state index contributed by atoms with van der Waals surface area (Å²) in [6.07, 6.45) is -4.46. The van der Waals surface area contributed by atoms with E-state index >= 15 is 0 Å². The van der Waals surface area contributed by atoms with E-state index in [-0.39, 0.29) is 12.1 Å². The average molecular weight is 246 g/mol. The number of alkyl halides is 3. The number of carbonyl (C=O) groups is 1. The van der Waals surface area contributed by atoms with Crippen molar-refractivity contribution in [3.8, 4) is 0 Å². The summed E-state index contributed by atoms with van der Waals surface area (Å²) in [6, 6.07) is 3.05. The molecule has 0 fully saturated rings. The third-order valence-corrected chi connectivity index (χ3v) is 2.29. The number of nitrogens with two attached hydrogens (primary N) is 1. The number of Topliss-reactive ketones (excluding diaryl/α,β-unsaturated/α-hetero) is 1. The van der Waals surface area contributed by atoms with Gasteiger partial charge in [0, 0.05) is 25.3 Å². The number of anilines is 1. The van der Waals surface area contributed by atoms with E-state index < -0.39 is 17.5 Å². The zero-order chi connectivity index (χ0) is 13.2. The number of carbonyl (C=O) groups excluding carboxylic acids is 1. The Labute approximate surface area is 97.0 Å². The molecule has 0 aliphatic carbocycles. The number of benzene rings is 1. The molecule has 0 amide bonds. The highest BCUT2D eigenvalue weighted by Gasteiger charge is 2.31. The predicted molar refractivity (Wildman–Crippen MR) is 59.2 cm³/mol. The van der Waals surface area contributed by atoms with Crippen molar-refractivity contribution in [2.75, 3.05) is 25.5 Å². The van der Waals surface area contributed by atoms with Crippen LogP contribution < -0.4 is 10.6 Å². The molecule has 2 N–H and O–H groups in total. The van der Waals surface area contributed by atoms with Crippen LogP contribution >= 0.6 is 0 Å². The zero-order valence-electron chi connectivity index (χ0n) is 9.51. The van der Waals surface area contributed by atoms with Gasteiger partial charge in [0.2, 0.25) is 0 Å². The molecule has 6 heteroatoms. The van der Waals surface area contributed by atoms with E-state index in [1.54, 1.807) is 19.0 Å². The lowest BCUT2D eigenvalue weighted by molar-refractivity contribution is -0.137. The molecular weight excluding hydrogens is 233 g/mol. The van der Waals surface area contributed by atoms with Crippen molar-refractivity contribution in [2.45, 2.75) is 6.18 Å². The van der Waals surface area contributed by atoms with Gasteiger partial charge < -0.3 is 10.6 Å². The fourth-order valence-corrected chi connectivity index (χ4v) is 1.44. The Morgan fingerprint density at radius 1 is 1.35 bits per heavy atom. The van der Waals surface area contributed by atoms with Crippen molar-refractivity contribution in [3.63, 3.8) is 0 Å². The summed E-state index contributed by atoms with van der Waals surface area (Å²) in [5, 5.41) is 0. The van der Waals surface area contributed by atoms with Gasteiger partial charge in [0.1, 0.15) is 0 Å². The fraction of sp³-hybridized carbons (Fsp3) is 0.364. The molecule has 0 radical (unpaired) electrons. The SMILES string of the molecule is CN(C)c1ccc(C(F)(F)F)cc1C(=O)CN. The van der Waals surface area contributed by atoms with Crippen LogP contribution in [0.4, 0.5) is 18.9 Å². The molecule has 0 aliphatic heterocycles. The molecule has 0 spiro atoms. The first kappa shape index (κ1) is 13.5. The minimum Gasteiger partial charge on any atom is -0.377 e. The highest BCUT2D eigenvalue weighted by atomic mass is 19.4. The molecule has 0 aromatic heterocycles. The molecule has 1 rings (SSSR count). The van der Waals surface area contributed by atoms with Crippen LogP contribution in [0, 0.1) is 0 Å². The molecule has 3 nitrogen and oxygen atoms in total. The minimum atomic E-state index is -4.46. The third-order valence-electron chi connectivity index (χ3n) is 2.29. The van der Waals surface area contributed by atoms with E-state index in [1.807, 2.05) is 0 Å². The quantitative estimate of drug-likeness (QED) is 0.829. The van der Waals surface area contributed by atoms with Crippen LogP contribution in [-0.4, -0.2) is 26.4 Å². The molecule has 0 unspecified atom stereocenters. The molecule has 0 saturated carbocycles. The molecule has 0 heterocycles. The van der Waals surface area contributed by atoms with Gasteiger partial charge in [-0.15, -0.1) is 0 Å². The maximum atomic E-state index is 12.5. The van der Waals surface area contributed by atoms with Gasteiger partial charge in [-0.2, -0.15) is 13.2 Å². The average Bonchev–Trinajstić information content (AvgIpc) is 2.25. The van der Waals surface area contributed by atoms with E-state index in [2.05, 4.69) is 0 Å². The Morgan fingerprint density at radius 3 is 2.35 bits per heavy atom. The maximum Gasteiger partial charge on any atom is 0.416 e. The van der Waals surface area contributed by atoms with Gasteiger partial charge in [0.05, 0.1) is 12.1 Å². The van der Waals surface area contributed by atoms with E-state index in [9.17, 15) is 18.0 Å². The lowest BCUT2D eigenvalue weighted by atomic mass is 10.0. The van der Waals surface area contributed by atoms with Crippen molar-refractivity contribution >= 4 is 11.5 Å². The second-order valence-electron chi connectivity index (χ2n) is 3.75. The van der Waals surface area contributed by atoms with Crippen LogP contribution in [0.3, 0.4) is 0 Å². The van der Waals surface area contributed by atoms with Gasteiger partial charge in [0.15, 0.2) is 5.78 Å². The predicted octanol–water partition coefficient (Wildman–Crippen LogP) is 1.91. The standard InChI is InChI=1S/C11H13F3N2O/c1-16(2)9-4-3-7(11(12,13)14)5-8(9)10(17)6-15/h3-5H,6,15H2,1-2H3. The first-order chi connectivity index (χ1) is 7.77. The van der Waals surface area contributed by atoms with Crippen molar-refractivity contribution < 1.29 is 18.0 Å². The van der Waals surface area contributed by atoms with Crippen LogP contribution in [0.15, 0.2) is 18.2 Å². The topological polar surface area (TPSA) is 46.3 Å². The van der Waals surface area contributed by atoms with Gasteiger partial charge >= 0.3 is 6.18 Å². The van der Waals surface area contributed by atoms with Crippen LogP contribution in [0.2, 0.25) is 0 Å². The molecule has 0 aliphatic rings. The number of halogens is 3. The normalized spacial score (nSPS) is 11.4. The number of hydrogen-bond donors (Lipinski definition) is 1. The van der Waals surface area contributed by atoms with E-state index in [0.717, 1.165) is 12.1 Å². The lowest BCUT2D eigenvalue weighted by Gasteiger charge is -2.18. The van der Waals surface area contributed by atoms with Crippen molar-refractivity contribution in [1.29, 1.82) is 0 Å². The van der Waals surface area contributed by atoms with Gasteiger partial charge in [-0.05, 0) is 18.2 Å². The molecule has 0 saturated heterocycles. The molecule has 17 heavy (non-hydrogen) atoms. The van der Waals surface area contributed by atoms with Crippen molar-refractivity contribution in [3.05, 3.63) is 29.3 Å². The van der Waals surface area contributed by atoms with Gasteiger partial charge in [0.25, 0.3) is 0 Å². The zero-order valence-corrected chi connectivity index (χ0v) is 9.51. The smallest absolute Gasteiger partial charge is 0.377 e. The lowest BCUT2D eigenvalue weighted by Crippen LogP contribution is -2.20. The van der Waals surface area contributed by atoms with Crippen LogP contribution in [0.25, 0.3) is 0 Å². The number of rotatable bonds is 3. The summed E-state index contributed by atoms with van der Waals surface area (Å²) >= 11 is 0. The van der Waals surface area contributed by atoms with Crippen LogP contribution in [-0.2, 0) is 6.18 Å². The highest BCUT2D eigenvalue weighted by molar-refractivity contribution is 6.02. The first-order valence-electron chi connectivity index (χ1n) is 4.89. The summed E-state index contributed by atoms with van der Waals surface area (Å²) < 4.78 is 37.5. The largest absolute Gasteiger partial charge is 0.416 e. The Kier molecular flexibility index (Phi) is 3.77. The molecule has 1 aromatic rings. The second kappa shape index (κ2) is 4.75. The Balaban J connectivity index is 3.34. The molecule has 0 atom stereocenters. The Hall–Kier alpha value is -1.56. The highest BCUT2D eigenvalue weighted by Crippen LogP contribution is 2.32. The van der Waals surface area contributed by atoms with Crippen molar-refractivity contribution in [2.24, 2.45) is 5.73 Å². The number of hydrogen-bond acceptors (Lipinski definition) is 3. The summed E-state index contributed by atoms with van der Waals surface area (Å²) in [6.45, 7) is -0.317. The molecular formula is C11H13F3N2O. The summed E-state index contributed by atoms with van der Waals surface area (Å²) in [7, 11) is 3.30. The fourth-order valence-electron chi connectivity index (χ4n) is 1.44. The molecule has 1 aromatic carbocycles. The molecule has 94 valence electrons. The number of nitrogens with zero attached hydrogens (tertiary/aromatic N) is 1. The maximum absolute atomic E-state index is 12.5. The Morgan fingerprint density at radius 2 is 1.94 bits per heavy atom. The minimum absolute atomic E-state index is 0.00711. The van der Waals surface area contributed by atoms with Crippen molar-refractivity contribution in [1.82, 2.24) is 0 Å². The van der Waals surface area contributed by atoms with E-state index in [4.69, 9.17) is 5.73 Å². The van der Waals surface area contributed by atoms with E-state index in [0.29, 0.717) is 5.69 Å². The van der Waals surface area contributed by atoms with E-state index in [1.165, 1.54) is 6.07 Å². The van der Waals surface area contributed by atoms with Gasteiger partial charge in [-0.1, -0.05) is 0 Å². The van der Waals surface area contributed by atoms with Crippen LogP contribution in [0.5, 0.6) is 0 Å². The monoisotopic (exact) mass is 246 g/mol. The third kappa shape index (κ3) is 2.97. The van der Waals surface area contributed by atoms with Crippen LogP contribution in [0.1, 0.15) is 15.9 Å². The van der Waals surface area contributed by atoms with Gasteiger partial charge in [-0.25, -0.2) is 0 Å².